The molecule has 0 saturated heterocycles. The zero-order valence-corrected chi connectivity index (χ0v) is 20.3. The van der Waals surface area contributed by atoms with Gasteiger partial charge in [0.15, 0.2) is 0 Å². The topological polar surface area (TPSA) is 79.8 Å². The molecule has 0 bridgehead atoms. The fraction of sp³-hybridized carbons (Fsp3) is 0.192. The lowest BCUT2D eigenvalue weighted by Crippen LogP contribution is -2.48. The Balaban J connectivity index is 1.61. The molecule has 2 N–H and O–H groups in total. The number of rotatable bonds is 9. The molecule has 0 aliphatic heterocycles. The van der Waals surface area contributed by atoms with E-state index in [4.69, 9.17) is 27.9 Å². The average molecular weight is 498 g/mol. The van der Waals surface area contributed by atoms with Crippen LogP contribution in [0, 0.1) is 5.92 Å². The molecule has 3 aromatic carbocycles. The van der Waals surface area contributed by atoms with E-state index in [1.807, 2.05) is 50.2 Å². The second kappa shape index (κ2) is 12.2. The van der Waals surface area contributed by atoms with Crippen molar-refractivity contribution < 1.29 is 14.3 Å². The van der Waals surface area contributed by atoms with Gasteiger partial charge in [0.1, 0.15) is 18.4 Å². The van der Waals surface area contributed by atoms with Gasteiger partial charge in [-0.2, -0.15) is 5.10 Å². The molecule has 0 spiro atoms. The standard InChI is InChI=1S/C26H25Cl2N3O3/c1-17(2)24(30-25(32)19-9-13-22(28)14-10-19)26(33)31-29-15-20-5-3-4-6-23(20)34-16-18-7-11-21(27)12-8-18/h3-15,17,24H,16H2,1-2H3,(H,30,32)(H,31,33)/b29-15+. The molecule has 1 atom stereocenters. The van der Waals surface area contributed by atoms with Gasteiger partial charge in [0.2, 0.25) is 0 Å². The zero-order chi connectivity index (χ0) is 24.5. The first kappa shape index (κ1) is 25.3. The lowest BCUT2D eigenvalue weighted by Gasteiger charge is -2.20. The normalized spacial score (nSPS) is 11.9. The molecule has 0 aromatic heterocycles. The van der Waals surface area contributed by atoms with Crippen molar-refractivity contribution in [2.75, 3.05) is 0 Å². The quantitative estimate of drug-likeness (QED) is 0.303. The van der Waals surface area contributed by atoms with E-state index in [2.05, 4.69) is 15.8 Å². The maximum Gasteiger partial charge on any atom is 0.262 e. The maximum absolute atomic E-state index is 12.7. The summed E-state index contributed by atoms with van der Waals surface area (Å²) in [6.07, 6.45) is 1.51. The molecule has 34 heavy (non-hydrogen) atoms. The number of nitrogens with one attached hydrogen (secondary N) is 2. The summed E-state index contributed by atoms with van der Waals surface area (Å²) in [5.74, 6) is -0.322. The van der Waals surface area contributed by atoms with Gasteiger partial charge in [-0.05, 0) is 60.0 Å². The predicted molar refractivity (Wildman–Crippen MR) is 136 cm³/mol. The van der Waals surface area contributed by atoms with Crippen molar-refractivity contribution in [3.05, 3.63) is 99.5 Å². The molecule has 176 valence electrons. The minimum atomic E-state index is -0.767. The van der Waals surface area contributed by atoms with Crippen LogP contribution in [-0.2, 0) is 11.4 Å². The van der Waals surface area contributed by atoms with Gasteiger partial charge in [-0.15, -0.1) is 0 Å². The average Bonchev–Trinajstić information content (AvgIpc) is 2.83. The Kier molecular flexibility index (Phi) is 9.08. The van der Waals surface area contributed by atoms with Crippen LogP contribution in [0.2, 0.25) is 10.0 Å². The van der Waals surface area contributed by atoms with Crippen molar-refractivity contribution in [3.63, 3.8) is 0 Å². The van der Waals surface area contributed by atoms with Gasteiger partial charge in [-0.25, -0.2) is 5.43 Å². The van der Waals surface area contributed by atoms with Crippen LogP contribution in [0.1, 0.15) is 35.3 Å². The third-order valence-electron chi connectivity index (χ3n) is 4.95. The Morgan fingerprint density at radius 1 is 0.941 bits per heavy atom. The Labute approximate surface area is 208 Å². The van der Waals surface area contributed by atoms with E-state index in [1.54, 1.807) is 36.4 Å². The smallest absolute Gasteiger partial charge is 0.262 e. The van der Waals surface area contributed by atoms with Crippen LogP contribution in [-0.4, -0.2) is 24.1 Å². The fourth-order valence-electron chi connectivity index (χ4n) is 3.06. The molecule has 0 aliphatic carbocycles. The highest BCUT2D eigenvalue weighted by Gasteiger charge is 2.24. The molecule has 0 heterocycles. The van der Waals surface area contributed by atoms with Gasteiger partial charge in [0.05, 0.1) is 6.21 Å². The molecule has 0 aliphatic rings. The lowest BCUT2D eigenvalue weighted by molar-refractivity contribution is -0.123. The number of hydrogen-bond acceptors (Lipinski definition) is 4. The summed E-state index contributed by atoms with van der Waals surface area (Å²) in [4.78, 5) is 25.2. The van der Waals surface area contributed by atoms with E-state index in [9.17, 15) is 9.59 Å². The number of benzene rings is 3. The number of hydrazone groups is 1. The first-order chi connectivity index (χ1) is 16.3. The van der Waals surface area contributed by atoms with Crippen LogP contribution >= 0.6 is 23.2 Å². The number of halogens is 2. The molecule has 0 fully saturated rings. The predicted octanol–water partition coefficient (Wildman–Crippen LogP) is 5.48. The Bertz CT molecular complexity index is 1150. The molecule has 1 unspecified atom stereocenters. The molecule has 0 saturated carbocycles. The molecule has 3 rings (SSSR count). The summed E-state index contributed by atoms with van der Waals surface area (Å²) in [5, 5.41) is 8.02. The molecule has 6 nitrogen and oxygen atoms in total. The molecular weight excluding hydrogens is 473 g/mol. The molecule has 0 radical (unpaired) electrons. The summed E-state index contributed by atoms with van der Waals surface area (Å²) in [7, 11) is 0. The van der Waals surface area contributed by atoms with Crippen LogP contribution in [0.3, 0.4) is 0 Å². The Hall–Kier alpha value is -3.35. The van der Waals surface area contributed by atoms with Crippen molar-refractivity contribution in [2.24, 2.45) is 11.0 Å². The zero-order valence-electron chi connectivity index (χ0n) is 18.8. The molecule has 3 aromatic rings. The van der Waals surface area contributed by atoms with E-state index >= 15 is 0 Å². The first-order valence-electron chi connectivity index (χ1n) is 10.7. The number of amides is 2. The fourth-order valence-corrected chi connectivity index (χ4v) is 3.31. The van der Waals surface area contributed by atoms with E-state index in [-0.39, 0.29) is 11.8 Å². The third kappa shape index (κ3) is 7.33. The highest BCUT2D eigenvalue weighted by atomic mass is 35.5. The van der Waals surface area contributed by atoms with Crippen molar-refractivity contribution in [3.8, 4) is 5.75 Å². The minimum absolute atomic E-state index is 0.151. The largest absolute Gasteiger partial charge is 0.488 e. The summed E-state index contributed by atoms with van der Waals surface area (Å²) >= 11 is 11.8. The lowest BCUT2D eigenvalue weighted by atomic mass is 10.0. The number of hydrogen-bond donors (Lipinski definition) is 2. The van der Waals surface area contributed by atoms with Gasteiger partial charge in [-0.3, -0.25) is 9.59 Å². The van der Waals surface area contributed by atoms with Gasteiger partial charge in [0, 0.05) is 21.2 Å². The summed E-state index contributed by atoms with van der Waals surface area (Å²) in [6, 6.07) is 20.4. The van der Waals surface area contributed by atoms with Crippen LogP contribution in [0.5, 0.6) is 5.75 Å². The second-order valence-electron chi connectivity index (χ2n) is 7.89. The first-order valence-corrected chi connectivity index (χ1v) is 11.4. The van der Waals surface area contributed by atoms with E-state index in [1.165, 1.54) is 6.21 Å². The minimum Gasteiger partial charge on any atom is -0.488 e. The Morgan fingerprint density at radius 2 is 1.56 bits per heavy atom. The van der Waals surface area contributed by atoms with Gasteiger partial charge < -0.3 is 10.1 Å². The van der Waals surface area contributed by atoms with E-state index in [0.29, 0.717) is 33.5 Å². The van der Waals surface area contributed by atoms with Gasteiger partial charge >= 0.3 is 0 Å². The number of para-hydroxylation sites is 1. The summed E-state index contributed by atoms with van der Waals surface area (Å²) in [6.45, 7) is 4.05. The molecule has 8 heteroatoms. The number of carbonyl (C=O) groups excluding carboxylic acids is 2. The second-order valence-corrected chi connectivity index (χ2v) is 8.76. The SMILES string of the molecule is CC(C)C(NC(=O)c1ccc(Cl)cc1)C(=O)N/N=C/c1ccccc1OCc1ccc(Cl)cc1. The van der Waals surface area contributed by atoms with Crippen molar-refractivity contribution in [2.45, 2.75) is 26.5 Å². The summed E-state index contributed by atoms with van der Waals surface area (Å²) < 4.78 is 5.90. The van der Waals surface area contributed by atoms with Gasteiger partial charge in [-0.1, -0.05) is 61.3 Å². The van der Waals surface area contributed by atoms with Crippen molar-refractivity contribution in [1.29, 1.82) is 0 Å². The van der Waals surface area contributed by atoms with Crippen LogP contribution in [0.15, 0.2) is 77.9 Å². The van der Waals surface area contributed by atoms with Crippen LogP contribution in [0.25, 0.3) is 0 Å². The van der Waals surface area contributed by atoms with Crippen LogP contribution in [0.4, 0.5) is 0 Å². The van der Waals surface area contributed by atoms with Crippen molar-refractivity contribution in [1.82, 2.24) is 10.7 Å². The highest BCUT2D eigenvalue weighted by molar-refractivity contribution is 6.30. The van der Waals surface area contributed by atoms with E-state index < -0.39 is 11.9 Å². The Morgan fingerprint density at radius 3 is 2.21 bits per heavy atom. The van der Waals surface area contributed by atoms with Gasteiger partial charge in [0.25, 0.3) is 11.8 Å². The highest BCUT2D eigenvalue weighted by Crippen LogP contribution is 2.18. The number of nitrogens with zero attached hydrogens (tertiary/aromatic N) is 1. The summed E-state index contributed by atoms with van der Waals surface area (Å²) in [5.41, 5.74) is 4.60. The molecule has 2 amide bonds. The number of ether oxygens (including phenoxy) is 1. The van der Waals surface area contributed by atoms with E-state index in [0.717, 1.165) is 5.56 Å². The van der Waals surface area contributed by atoms with Crippen molar-refractivity contribution >= 4 is 41.2 Å². The molecular formula is C26H25Cl2N3O3. The third-order valence-corrected chi connectivity index (χ3v) is 5.45. The number of carbonyl (C=O) groups is 2. The monoisotopic (exact) mass is 497 g/mol. The maximum atomic E-state index is 12.7. The van der Waals surface area contributed by atoms with Crippen LogP contribution < -0.4 is 15.5 Å².